The van der Waals surface area contributed by atoms with E-state index >= 15 is 0 Å². The van der Waals surface area contributed by atoms with Crippen LogP contribution in [0.1, 0.15) is 19.3 Å². The number of amides is 1. The Hall–Kier alpha value is -1.40. The molecule has 2 aliphatic rings. The van der Waals surface area contributed by atoms with E-state index in [1.165, 1.54) is 25.3 Å². The molecule has 20 heavy (non-hydrogen) atoms. The normalized spacial score (nSPS) is 22.8. The molecule has 0 aromatic rings. The zero-order valence-corrected chi connectivity index (χ0v) is 12.2. The SMILES string of the molecule is O=C(NCCN1CCCCC1)C1C=CC=CC1=S(=O)=O. The molecule has 1 saturated heterocycles. The highest BCUT2D eigenvalue weighted by Gasteiger charge is 2.22. The lowest BCUT2D eigenvalue weighted by Gasteiger charge is -2.26. The molecule has 1 aliphatic carbocycles. The van der Waals surface area contributed by atoms with Gasteiger partial charge in [0.05, 0.1) is 10.8 Å². The summed E-state index contributed by atoms with van der Waals surface area (Å²) in [5.41, 5.74) is 0. The molecule has 110 valence electrons. The highest BCUT2D eigenvalue weighted by molar-refractivity contribution is 7.73. The highest BCUT2D eigenvalue weighted by Crippen LogP contribution is 2.10. The molecule has 1 fully saturated rings. The van der Waals surface area contributed by atoms with Crippen LogP contribution in [0.5, 0.6) is 0 Å². The van der Waals surface area contributed by atoms with E-state index in [2.05, 4.69) is 10.2 Å². The first-order chi connectivity index (χ1) is 9.68. The van der Waals surface area contributed by atoms with E-state index in [-0.39, 0.29) is 10.8 Å². The van der Waals surface area contributed by atoms with Crippen LogP contribution in [0.25, 0.3) is 0 Å². The molecule has 1 unspecified atom stereocenters. The number of likely N-dealkylation sites (tertiary alicyclic amines) is 1. The van der Waals surface area contributed by atoms with Crippen molar-refractivity contribution in [3.8, 4) is 0 Å². The van der Waals surface area contributed by atoms with E-state index in [0.29, 0.717) is 6.54 Å². The Balaban J connectivity index is 1.84. The van der Waals surface area contributed by atoms with Crippen molar-refractivity contribution in [3.63, 3.8) is 0 Å². The topological polar surface area (TPSA) is 66.5 Å². The van der Waals surface area contributed by atoms with Gasteiger partial charge in [-0.15, -0.1) is 0 Å². The lowest BCUT2D eigenvalue weighted by molar-refractivity contribution is -0.121. The maximum absolute atomic E-state index is 12.0. The highest BCUT2D eigenvalue weighted by atomic mass is 32.2. The van der Waals surface area contributed by atoms with Crippen molar-refractivity contribution in [1.82, 2.24) is 10.2 Å². The van der Waals surface area contributed by atoms with E-state index in [9.17, 15) is 13.2 Å². The van der Waals surface area contributed by atoms with Crippen molar-refractivity contribution in [2.45, 2.75) is 19.3 Å². The zero-order valence-electron chi connectivity index (χ0n) is 11.4. The quantitative estimate of drug-likeness (QED) is 0.762. The third-order valence-electron chi connectivity index (χ3n) is 3.63. The fourth-order valence-corrected chi connectivity index (χ4v) is 3.11. The van der Waals surface area contributed by atoms with Gasteiger partial charge >= 0.3 is 0 Å². The second-order valence-electron chi connectivity index (χ2n) is 5.05. The molecule has 0 radical (unpaired) electrons. The van der Waals surface area contributed by atoms with E-state index in [1.54, 1.807) is 18.2 Å². The Bertz CT molecular complexity index is 535. The third kappa shape index (κ3) is 4.05. The van der Waals surface area contributed by atoms with Crippen molar-refractivity contribution in [2.24, 2.45) is 5.92 Å². The number of allylic oxidation sites excluding steroid dienone is 3. The first kappa shape index (κ1) is 15.0. The van der Waals surface area contributed by atoms with Crippen molar-refractivity contribution in [3.05, 3.63) is 24.3 Å². The first-order valence-corrected chi connectivity index (χ1v) is 8.07. The molecule has 0 aromatic carbocycles. The lowest BCUT2D eigenvalue weighted by Crippen LogP contribution is -2.41. The monoisotopic (exact) mass is 296 g/mol. The minimum atomic E-state index is -2.36. The standard InChI is InChI=1S/C14H20N2O3S/c17-14(12-6-2-3-7-13(12)20(18)19)15-8-11-16-9-4-1-5-10-16/h2-3,6-7,12H,1,4-5,8-11H2,(H,15,17). The Kier molecular flexibility index (Phi) is 5.55. The molecule has 0 bridgehead atoms. The molecular formula is C14H20N2O3S. The van der Waals surface area contributed by atoms with E-state index in [1.807, 2.05) is 0 Å². The number of rotatable bonds is 4. The number of nitrogens with zero attached hydrogens (tertiary/aromatic N) is 1. The number of carbonyl (C=O) groups is 1. The maximum atomic E-state index is 12.0. The Labute approximate surface area is 120 Å². The second-order valence-corrected chi connectivity index (χ2v) is 5.99. The van der Waals surface area contributed by atoms with Gasteiger partial charge in [0.25, 0.3) is 0 Å². The van der Waals surface area contributed by atoms with Crippen molar-refractivity contribution < 1.29 is 13.2 Å². The fourth-order valence-electron chi connectivity index (χ4n) is 2.53. The molecular weight excluding hydrogens is 276 g/mol. The lowest BCUT2D eigenvalue weighted by atomic mass is 10.00. The Morgan fingerprint density at radius 2 is 2.00 bits per heavy atom. The van der Waals surface area contributed by atoms with Crippen LogP contribution in [0, 0.1) is 5.92 Å². The van der Waals surface area contributed by atoms with Crippen LogP contribution >= 0.6 is 0 Å². The summed E-state index contributed by atoms with van der Waals surface area (Å²) in [5, 5.41) is 2.82. The number of carbonyl (C=O) groups excluding carboxylic acids is 1. The first-order valence-electron chi connectivity index (χ1n) is 6.99. The minimum absolute atomic E-state index is 0.128. The largest absolute Gasteiger partial charge is 0.354 e. The average molecular weight is 296 g/mol. The van der Waals surface area contributed by atoms with Gasteiger partial charge in [-0.05, 0) is 32.0 Å². The Morgan fingerprint density at radius 3 is 2.70 bits per heavy atom. The molecule has 1 aliphatic heterocycles. The van der Waals surface area contributed by atoms with Crippen molar-refractivity contribution >= 4 is 21.1 Å². The summed E-state index contributed by atoms with van der Waals surface area (Å²) >= 11 is 0. The molecule has 6 heteroatoms. The van der Waals surface area contributed by atoms with Gasteiger partial charge in [-0.3, -0.25) is 4.79 Å². The number of hydrogen-bond acceptors (Lipinski definition) is 4. The second kappa shape index (κ2) is 7.40. The van der Waals surface area contributed by atoms with Gasteiger partial charge in [0.1, 0.15) is 0 Å². The van der Waals surface area contributed by atoms with Crippen LogP contribution in [0.2, 0.25) is 0 Å². The van der Waals surface area contributed by atoms with Gasteiger partial charge in [0.15, 0.2) is 0 Å². The van der Waals surface area contributed by atoms with Gasteiger partial charge in [0.2, 0.25) is 16.2 Å². The molecule has 1 N–H and O–H groups in total. The van der Waals surface area contributed by atoms with Crippen LogP contribution in [0.3, 0.4) is 0 Å². The van der Waals surface area contributed by atoms with Gasteiger partial charge in [-0.25, -0.2) is 0 Å². The molecule has 1 heterocycles. The fraction of sp³-hybridized carbons (Fsp3) is 0.571. The molecule has 2 rings (SSSR count). The van der Waals surface area contributed by atoms with E-state index in [4.69, 9.17) is 0 Å². The minimum Gasteiger partial charge on any atom is -0.354 e. The molecule has 5 nitrogen and oxygen atoms in total. The van der Waals surface area contributed by atoms with Crippen LogP contribution in [-0.4, -0.2) is 50.3 Å². The molecule has 0 aromatic heterocycles. The summed E-state index contributed by atoms with van der Waals surface area (Å²) in [7, 11) is -2.36. The molecule has 1 amide bonds. The molecule has 0 saturated carbocycles. The van der Waals surface area contributed by atoms with Gasteiger partial charge in [0, 0.05) is 13.1 Å². The van der Waals surface area contributed by atoms with Crippen LogP contribution in [0.4, 0.5) is 0 Å². The summed E-state index contributed by atoms with van der Waals surface area (Å²) in [6, 6.07) is 0. The molecule has 1 atom stereocenters. The van der Waals surface area contributed by atoms with Gasteiger partial charge < -0.3 is 10.2 Å². The predicted molar refractivity (Wildman–Crippen MR) is 79.0 cm³/mol. The van der Waals surface area contributed by atoms with Gasteiger partial charge in [-0.2, -0.15) is 8.42 Å². The smallest absolute Gasteiger partial charge is 0.232 e. The molecule has 0 spiro atoms. The van der Waals surface area contributed by atoms with Crippen molar-refractivity contribution in [2.75, 3.05) is 26.2 Å². The Morgan fingerprint density at radius 1 is 1.25 bits per heavy atom. The summed E-state index contributed by atoms with van der Waals surface area (Å²) in [5.74, 6) is -0.943. The van der Waals surface area contributed by atoms with Crippen LogP contribution < -0.4 is 5.32 Å². The van der Waals surface area contributed by atoms with Crippen molar-refractivity contribution in [1.29, 1.82) is 0 Å². The van der Waals surface area contributed by atoms with Crippen LogP contribution in [-0.2, 0) is 15.1 Å². The number of nitrogens with one attached hydrogen (secondary N) is 1. The van der Waals surface area contributed by atoms with E-state index < -0.39 is 16.2 Å². The number of hydrogen-bond donors (Lipinski definition) is 1. The van der Waals surface area contributed by atoms with E-state index in [0.717, 1.165) is 19.6 Å². The maximum Gasteiger partial charge on any atom is 0.232 e. The summed E-state index contributed by atoms with van der Waals surface area (Å²) in [6.45, 7) is 3.56. The third-order valence-corrected chi connectivity index (χ3v) is 4.41. The zero-order chi connectivity index (χ0) is 14.4. The summed E-state index contributed by atoms with van der Waals surface area (Å²) in [4.78, 5) is 14.5. The number of piperidine rings is 1. The predicted octanol–water partition coefficient (Wildman–Crippen LogP) is 0.382. The average Bonchev–Trinajstić information content (AvgIpc) is 2.48. The summed E-state index contributed by atoms with van der Waals surface area (Å²) < 4.78 is 22.2. The van der Waals surface area contributed by atoms with Crippen LogP contribution in [0.15, 0.2) is 24.3 Å². The van der Waals surface area contributed by atoms with Gasteiger partial charge in [-0.1, -0.05) is 24.6 Å². The summed E-state index contributed by atoms with van der Waals surface area (Å²) in [6.07, 6.45) is 10.1.